The summed E-state index contributed by atoms with van der Waals surface area (Å²) in [4.78, 5) is 19.8. The fraction of sp³-hybridized carbons (Fsp3) is 0.364. The van der Waals surface area contributed by atoms with Crippen LogP contribution >= 0.6 is 22.9 Å². The molecule has 1 amide bonds. The Balaban J connectivity index is 1.28. The van der Waals surface area contributed by atoms with Crippen LogP contribution in [0.3, 0.4) is 0 Å². The van der Waals surface area contributed by atoms with Gasteiger partial charge in [-0.1, -0.05) is 42.8 Å². The van der Waals surface area contributed by atoms with Gasteiger partial charge in [-0.3, -0.25) is 14.1 Å². The topological polar surface area (TPSA) is 49.6 Å². The van der Waals surface area contributed by atoms with Crippen molar-refractivity contribution in [3.63, 3.8) is 0 Å². The number of nitrogens with zero attached hydrogens (tertiary/aromatic N) is 3. The first-order valence-electron chi connectivity index (χ1n) is 9.95. The molecule has 5 nitrogen and oxygen atoms in total. The summed E-state index contributed by atoms with van der Waals surface area (Å²) in [7, 11) is 0. The Morgan fingerprint density at radius 2 is 2.00 bits per heavy atom. The van der Waals surface area contributed by atoms with Crippen LogP contribution in [0.15, 0.2) is 41.9 Å². The van der Waals surface area contributed by atoms with Crippen molar-refractivity contribution in [3.8, 4) is 0 Å². The van der Waals surface area contributed by atoms with Crippen molar-refractivity contribution in [2.24, 2.45) is 5.92 Å². The molecule has 1 aliphatic heterocycles. The van der Waals surface area contributed by atoms with E-state index in [0.29, 0.717) is 11.7 Å². The Hall–Kier alpha value is -2.15. The summed E-state index contributed by atoms with van der Waals surface area (Å²) in [5.41, 5.74) is 3.13. The van der Waals surface area contributed by atoms with Crippen LogP contribution in [0.2, 0.25) is 5.15 Å². The number of likely N-dealkylation sites (tertiary alicyclic amines) is 1. The number of aromatic nitrogens is 2. The van der Waals surface area contributed by atoms with Crippen LogP contribution < -0.4 is 5.32 Å². The van der Waals surface area contributed by atoms with Crippen LogP contribution in [0, 0.1) is 5.92 Å². The van der Waals surface area contributed by atoms with Gasteiger partial charge in [-0.2, -0.15) is 0 Å². The number of rotatable bonds is 6. The number of halogens is 1. The first-order valence-corrected chi connectivity index (χ1v) is 11.2. The second-order valence-electron chi connectivity index (χ2n) is 7.67. The zero-order valence-corrected chi connectivity index (χ0v) is 18.0. The monoisotopic (exact) mass is 428 g/mol. The van der Waals surface area contributed by atoms with Crippen molar-refractivity contribution >= 4 is 39.9 Å². The normalized spacial score (nSPS) is 16.1. The van der Waals surface area contributed by atoms with Gasteiger partial charge in [0.05, 0.1) is 5.69 Å². The lowest BCUT2D eigenvalue weighted by Crippen LogP contribution is -2.32. The molecule has 0 spiro atoms. The standard InChI is InChI=1S/C22H25ClN4OS/c1-16-8-10-26(11-9-16)15-18-4-2-17(3-5-18)14-24-20(28)7-6-19-21(23)25-22-27(19)12-13-29-22/h2-7,12-13,16H,8-11,14-15H2,1H3,(H,24,28)/b7-6+. The molecule has 0 radical (unpaired) electrons. The zero-order valence-electron chi connectivity index (χ0n) is 16.5. The van der Waals surface area contributed by atoms with Gasteiger partial charge < -0.3 is 5.32 Å². The van der Waals surface area contributed by atoms with E-state index in [0.717, 1.165) is 28.7 Å². The molecule has 0 saturated carbocycles. The van der Waals surface area contributed by atoms with Gasteiger partial charge in [0.1, 0.15) is 0 Å². The first-order chi connectivity index (χ1) is 14.1. The van der Waals surface area contributed by atoms with Crippen LogP contribution in [0.1, 0.15) is 36.6 Å². The highest BCUT2D eigenvalue weighted by atomic mass is 35.5. The van der Waals surface area contributed by atoms with E-state index in [2.05, 4.69) is 46.4 Å². The van der Waals surface area contributed by atoms with E-state index in [1.807, 2.05) is 16.0 Å². The molecule has 0 aliphatic carbocycles. The van der Waals surface area contributed by atoms with Crippen LogP contribution in [0.5, 0.6) is 0 Å². The molecular weight excluding hydrogens is 404 g/mol. The van der Waals surface area contributed by atoms with Crippen molar-refractivity contribution in [3.05, 3.63) is 63.9 Å². The predicted molar refractivity (Wildman–Crippen MR) is 119 cm³/mol. The van der Waals surface area contributed by atoms with Crippen molar-refractivity contribution in [1.82, 2.24) is 19.6 Å². The van der Waals surface area contributed by atoms with E-state index in [1.54, 1.807) is 6.08 Å². The molecule has 1 fully saturated rings. The number of hydrogen-bond acceptors (Lipinski definition) is 4. The average molecular weight is 429 g/mol. The Kier molecular flexibility index (Phi) is 6.33. The number of piperidine rings is 1. The zero-order chi connectivity index (χ0) is 20.2. The van der Waals surface area contributed by atoms with E-state index < -0.39 is 0 Å². The number of benzene rings is 1. The molecular formula is C22H25ClN4OS. The lowest BCUT2D eigenvalue weighted by atomic mass is 9.99. The van der Waals surface area contributed by atoms with Crippen LogP contribution in [-0.4, -0.2) is 33.3 Å². The predicted octanol–water partition coefficient (Wildman–Crippen LogP) is 4.61. The molecule has 1 aromatic carbocycles. The summed E-state index contributed by atoms with van der Waals surface area (Å²) in [5.74, 6) is 0.699. The summed E-state index contributed by atoms with van der Waals surface area (Å²) in [5, 5.41) is 5.26. The highest BCUT2D eigenvalue weighted by molar-refractivity contribution is 7.15. The molecule has 1 saturated heterocycles. The number of hydrogen-bond donors (Lipinski definition) is 1. The summed E-state index contributed by atoms with van der Waals surface area (Å²) >= 11 is 7.65. The lowest BCUT2D eigenvalue weighted by Gasteiger charge is -2.30. The van der Waals surface area contributed by atoms with Gasteiger partial charge in [-0.15, -0.1) is 11.3 Å². The molecule has 0 bridgehead atoms. The third-order valence-electron chi connectivity index (χ3n) is 5.42. The van der Waals surface area contributed by atoms with Gasteiger partial charge in [0, 0.05) is 30.7 Å². The molecule has 0 atom stereocenters. The average Bonchev–Trinajstić information content (AvgIpc) is 3.28. The maximum Gasteiger partial charge on any atom is 0.244 e. The lowest BCUT2D eigenvalue weighted by molar-refractivity contribution is -0.116. The molecule has 3 aromatic rings. The highest BCUT2D eigenvalue weighted by Gasteiger charge is 2.15. The number of fused-ring (bicyclic) bond motifs is 1. The Bertz CT molecular complexity index is 1000. The molecule has 4 rings (SSSR count). The number of imidazole rings is 1. The molecule has 2 aromatic heterocycles. The largest absolute Gasteiger partial charge is 0.348 e. The molecule has 1 N–H and O–H groups in total. The van der Waals surface area contributed by atoms with Gasteiger partial charge in [-0.05, 0) is 49.1 Å². The van der Waals surface area contributed by atoms with Gasteiger partial charge in [0.15, 0.2) is 10.1 Å². The van der Waals surface area contributed by atoms with E-state index in [1.165, 1.54) is 48.9 Å². The minimum atomic E-state index is -0.155. The fourth-order valence-electron chi connectivity index (χ4n) is 3.57. The van der Waals surface area contributed by atoms with Crippen molar-refractivity contribution in [2.75, 3.05) is 13.1 Å². The smallest absolute Gasteiger partial charge is 0.244 e. The molecule has 29 heavy (non-hydrogen) atoms. The minimum absolute atomic E-state index is 0.155. The summed E-state index contributed by atoms with van der Waals surface area (Å²) in [6.45, 7) is 6.21. The van der Waals surface area contributed by atoms with E-state index in [-0.39, 0.29) is 5.91 Å². The van der Waals surface area contributed by atoms with Gasteiger partial charge >= 0.3 is 0 Å². The van der Waals surface area contributed by atoms with E-state index in [9.17, 15) is 4.79 Å². The minimum Gasteiger partial charge on any atom is -0.348 e. The van der Waals surface area contributed by atoms with Crippen LogP contribution in [-0.2, 0) is 17.9 Å². The maximum atomic E-state index is 12.2. The summed E-state index contributed by atoms with van der Waals surface area (Å²) < 4.78 is 1.87. The Morgan fingerprint density at radius 1 is 1.28 bits per heavy atom. The van der Waals surface area contributed by atoms with Crippen molar-refractivity contribution in [1.29, 1.82) is 0 Å². The Morgan fingerprint density at radius 3 is 2.76 bits per heavy atom. The molecule has 152 valence electrons. The maximum absolute atomic E-state index is 12.2. The number of thiazole rings is 1. The number of carbonyl (C=O) groups is 1. The first kappa shape index (κ1) is 20.1. The third-order valence-corrected chi connectivity index (χ3v) is 6.45. The highest BCUT2D eigenvalue weighted by Crippen LogP contribution is 2.22. The SMILES string of the molecule is CC1CCN(Cc2ccc(CNC(=O)/C=C/c3c(Cl)nc4sccn34)cc2)CC1. The molecule has 7 heteroatoms. The number of carbonyl (C=O) groups excluding carboxylic acids is 1. The fourth-order valence-corrected chi connectivity index (χ4v) is 4.57. The second-order valence-corrected chi connectivity index (χ2v) is 8.90. The second kappa shape index (κ2) is 9.11. The summed E-state index contributed by atoms with van der Waals surface area (Å²) in [6.07, 6.45) is 7.67. The van der Waals surface area contributed by atoms with Crippen LogP contribution in [0.25, 0.3) is 11.0 Å². The number of nitrogens with one attached hydrogen (secondary N) is 1. The Labute approximate surface area is 180 Å². The van der Waals surface area contributed by atoms with Gasteiger partial charge in [0.25, 0.3) is 0 Å². The molecule has 1 aliphatic rings. The molecule has 3 heterocycles. The summed E-state index contributed by atoms with van der Waals surface area (Å²) in [6, 6.07) is 8.51. The van der Waals surface area contributed by atoms with E-state index in [4.69, 9.17) is 11.6 Å². The van der Waals surface area contributed by atoms with E-state index >= 15 is 0 Å². The quantitative estimate of drug-likeness (QED) is 0.583. The number of amides is 1. The van der Waals surface area contributed by atoms with Crippen LogP contribution in [0.4, 0.5) is 0 Å². The van der Waals surface area contributed by atoms with Crippen molar-refractivity contribution < 1.29 is 4.79 Å². The van der Waals surface area contributed by atoms with Gasteiger partial charge in [-0.25, -0.2) is 4.98 Å². The third kappa shape index (κ3) is 5.07. The van der Waals surface area contributed by atoms with Gasteiger partial charge in [0.2, 0.25) is 5.91 Å². The molecule has 0 unspecified atom stereocenters. The van der Waals surface area contributed by atoms with Crippen molar-refractivity contribution in [2.45, 2.75) is 32.9 Å².